The van der Waals surface area contributed by atoms with Crippen LogP contribution >= 0.6 is 0 Å². The Balaban J connectivity index is 1.62. The molecule has 0 saturated carbocycles. The summed E-state index contributed by atoms with van der Waals surface area (Å²) < 4.78 is 5.52. The van der Waals surface area contributed by atoms with Crippen molar-refractivity contribution < 1.29 is 9.32 Å². The molecule has 29 heavy (non-hydrogen) atoms. The van der Waals surface area contributed by atoms with Crippen LogP contribution in [0, 0.1) is 5.41 Å². The highest BCUT2D eigenvalue weighted by molar-refractivity contribution is 6.00. The molecule has 0 atom stereocenters. The molecule has 4 heteroatoms. The highest BCUT2D eigenvalue weighted by atomic mass is 16.5. The highest BCUT2D eigenvalue weighted by Gasteiger charge is 2.36. The largest absolute Gasteiger partial charge is 0.334 e. The van der Waals surface area contributed by atoms with Gasteiger partial charge in [-0.2, -0.15) is 4.98 Å². The second-order valence-electron chi connectivity index (χ2n) is 8.56. The lowest BCUT2D eigenvalue weighted by Gasteiger charge is -2.36. The molecule has 0 spiro atoms. The van der Waals surface area contributed by atoms with E-state index in [1.54, 1.807) is 0 Å². The summed E-state index contributed by atoms with van der Waals surface area (Å²) in [6.45, 7) is 8.71. The van der Waals surface area contributed by atoms with Crippen LogP contribution in [0.5, 0.6) is 0 Å². The zero-order chi connectivity index (χ0) is 20.6. The zero-order valence-electron chi connectivity index (χ0n) is 17.7. The number of benzene rings is 2. The molecule has 0 radical (unpaired) electrons. The smallest absolute Gasteiger partial charge is 0.258 e. The monoisotopic (exact) mass is 388 g/mol. The van der Waals surface area contributed by atoms with Gasteiger partial charge in [-0.1, -0.05) is 63.2 Å². The molecular weight excluding hydrogens is 360 g/mol. The molecule has 2 aromatic carbocycles. The van der Waals surface area contributed by atoms with Gasteiger partial charge in [-0.05, 0) is 53.9 Å². The summed E-state index contributed by atoms with van der Waals surface area (Å²) >= 11 is 0. The SMILES string of the molecule is CCC1(CC)CC(=O)c2cc(-c3nc(-c4ccc(C(C)C)cc4)no3)ccc2C1. The molecule has 0 unspecified atom stereocenters. The Hall–Kier alpha value is -2.75. The predicted octanol–water partition coefficient (Wildman–Crippen LogP) is 6.46. The second-order valence-corrected chi connectivity index (χ2v) is 8.56. The fourth-order valence-corrected chi connectivity index (χ4v) is 4.25. The summed E-state index contributed by atoms with van der Waals surface area (Å²) in [5, 5.41) is 4.15. The Morgan fingerprint density at radius 3 is 2.34 bits per heavy atom. The van der Waals surface area contributed by atoms with E-state index in [1.807, 2.05) is 24.3 Å². The summed E-state index contributed by atoms with van der Waals surface area (Å²) in [5.41, 5.74) is 5.05. The minimum absolute atomic E-state index is 0.103. The number of aromatic nitrogens is 2. The Kier molecular flexibility index (Phi) is 5.12. The van der Waals surface area contributed by atoms with Gasteiger partial charge in [0.1, 0.15) is 0 Å². The van der Waals surface area contributed by atoms with Crippen molar-refractivity contribution in [1.82, 2.24) is 10.1 Å². The Morgan fingerprint density at radius 1 is 1.00 bits per heavy atom. The normalized spacial score (nSPS) is 15.6. The standard InChI is InChI=1S/C25H28N2O2/c1-5-25(6-2)14-20-12-11-19(13-21(20)22(28)15-25)24-26-23(27-29-24)18-9-7-17(8-10-18)16(3)4/h7-13,16H,5-6,14-15H2,1-4H3. The molecule has 1 aliphatic carbocycles. The van der Waals surface area contributed by atoms with Crippen molar-refractivity contribution in [2.45, 2.75) is 59.3 Å². The second kappa shape index (κ2) is 7.58. The van der Waals surface area contributed by atoms with Crippen molar-refractivity contribution in [2.75, 3.05) is 0 Å². The molecule has 0 aliphatic heterocycles. The summed E-state index contributed by atoms with van der Waals surface area (Å²) in [6, 6.07) is 14.2. The molecule has 3 aromatic rings. The maximum Gasteiger partial charge on any atom is 0.258 e. The quantitative estimate of drug-likeness (QED) is 0.503. The van der Waals surface area contributed by atoms with Gasteiger partial charge in [-0.15, -0.1) is 0 Å². The van der Waals surface area contributed by atoms with E-state index in [4.69, 9.17) is 4.52 Å². The summed E-state index contributed by atoms with van der Waals surface area (Å²) in [5.74, 6) is 1.72. The number of carbonyl (C=O) groups excluding carboxylic acids is 1. The van der Waals surface area contributed by atoms with E-state index >= 15 is 0 Å². The zero-order valence-corrected chi connectivity index (χ0v) is 17.7. The molecule has 0 N–H and O–H groups in total. The minimum atomic E-state index is 0.103. The first-order valence-electron chi connectivity index (χ1n) is 10.5. The maximum absolute atomic E-state index is 12.8. The van der Waals surface area contributed by atoms with Crippen LogP contribution in [-0.4, -0.2) is 15.9 Å². The molecule has 4 nitrogen and oxygen atoms in total. The van der Waals surface area contributed by atoms with Crippen LogP contribution in [0.25, 0.3) is 22.8 Å². The van der Waals surface area contributed by atoms with Crippen LogP contribution in [0.3, 0.4) is 0 Å². The van der Waals surface area contributed by atoms with Crippen molar-refractivity contribution in [3.8, 4) is 22.8 Å². The average Bonchev–Trinajstić information content (AvgIpc) is 3.23. The van der Waals surface area contributed by atoms with Crippen LogP contribution < -0.4 is 0 Å². The molecule has 4 rings (SSSR count). The number of Topliss-reactive ketones (excluding diaryl/α,β-unsaturated/α-hetero) is 1. The van der Waals surface area contributed by atoms with Crippen LogP contribution in [0.4, 0.5) is 0 Å². The number of hydrogen-bond acceptors (Lipinski definition) is 4. The maximum atomic E-state index is 12.8. The van der Waals surface area contributed by atoms with Gasteiger partial charge in [-0.3, -0.25) is 4.79 Å². The van der Waals surface area contributed by atoms with Crippen molar-refractivity contribution in [3.05, 3.63) is 59.2 Å². The number of fused-ring (bicyclic) bond motifs is 1. The number of ketones is 1. The van der Waals surface area contributed by atoms with E-state index in [0.29, 0.717) is 24.1 Å². The molecule has 1 aliphatic rings. The number of carbonyl (C=O) groups is 1. The van der Waals surface area contributed by atoms with E-state index in [2.05, 4.69) is 56.0 Å². The van der Waals surface area contributed by atoms with Crippen molar-refractivity contribution in [1.29, 1.82) is 0 Å². The Labute approximate surface area is 172 Å². The topological polar surface area (TPSA) is 56.0 Å². The lowest BCUT2D eigenvalue weighted by atomic mass is 9.68. The van der Waals surface area contributed by atoms with E-state index in [9.17, 15) is 4.79 Å². The molecule has 0 saturated heterocycles. The highest BCUT2D eigenvalue weighted by Crippen LogP contribution is 2.41. The minimum Gasteiger partial charge on any atom is -0.334 e. The third-order valence-corrected chi connectivity index (χ3v) is 6.52. The van der Waals surface area contributed by atoms with E-state index < -0.39 is 0 Å². The van der Waals surface area contributed by atoms with Crippen molar-refractivity contribution in [3.63, 3.8) is 0 Å². The van der Waals surface area contributed by atoms with Gasteiger partial charge in [0.15, 0.2) is 5.78 Å². The Bertz CT molecular complexity index is 1030. The lowest BCUT2D eigenvalue weighted by molar-refractivity contribution is 0.0872. The number of hydrogen-bond donors (Lipinski definition) is 0. The van der Waals surface area contributed by atoms with E-state index in [1.165, 1.54) is 5.56 Å². The van der Waals surface area contributed by atoms with Crippen LogP contribution in [0.1, 0.15) is 74.4 Å². The average molecular weight is 389 g/mol. The van der Waals surface area contributed by atoms with Crippen molar-refractivity contribution in [2.24, 2.45) is 5.41 Å². The van der Waals surface area contributed by atoms with E-state index in [0.717, 1.165) is 41.5 Å². The molecule has 0 amide bonds. The third kappa shape index (κ3) is 3.64. The van der Waals surface area contributed by atoms with Gasteiger partial charge in [-0.25, -0.2) is 0 Å². The summed E-state index contributed by atoms with van der Waals surface area (Å²) in [6.07, 6.45) is 3.63. The fraction of sp³-hybridized carbons (Fsp3) is 0.400. The first kappa shape index (κ1) is 19.6. The van der Waals surface area contributed by atoms with Gasteiger partial charge >= 0.3 is 0 Å². The van der Waals surface area contributed by atoms with Gasteiger partial charge in [0, 0.05) is 23.1 Å². The summed E-state index contributed by atoms with van der Waals surface area (Å²) in [7, 11) is 0. The predicted molar refractivity (Wildman–Crippen MR) is 115 cm³/mol. The van der Waals surface area contributed by atoms with Gasteiger partial charge in [0.2, 0.25) is 5.82 Å². The molecule has 1 heterocycles. The molecular formula is C25H28N2O2. The molecule has 1 aromatic heterocycles. The molecule has 0 bridgehead atoms. The van der Waals surface area contributed by atoms with Crippen LogP contribution in [0.2, 0.25) is 0 Å². The lowest BCUT2D eigenvalue weighted by Crippen LogP contribution is -2.31. The van der Waals surface area contributed by atoms with Gasteiger partial charge in [0.05, 0.1) is 0 Å². The summed E-state index contributed by atoms with van der Waals surface area (Å²) in [4.78, 5) is 17.4. The first-order chi connectivity index (χ1) is 13.9. The number of nitrogens with zero attached hydrogens (tertiary/aromatic N) is 2. The molecule has 150 valence electrons. The van der Waals surface area contributed by atoms with Crippen LogP contribution in [-0.2, 0) is 6.42 Å². The van der Waals surface area contributed by atoms with Crippen LogP contribution in [0.15, 0.2) is 47.0 Å². The fourth-order valence-electron chi connectivity index (χ4n) is 4.25. The van der Waals surface area contributed by atoms with E-state index in [-0.39, 0.29) is 11.2 Å². The van der Waals surface area contributed by atoms with Gasteiger partial charge < -0.3 is 4.52 Å². The first-order valence-corrected chi connectivity index (χ1v) is 10.5. The van der Waals surface area contributed by atoms with Gasteiger partial charge in [0.25, 0.3) is 5.89 Å². The number of rotatable bonds is 5. The van der Waals surface area contributed by atoms with Crippen molar-refractivity contribution >= 4 is 5.78 Å². The Morgan fingerprint density at radius 2 is 1.69 bits per heavy atom. The molecule has 0 fully saturated rings. The third-order valence-electron chi connectivity index (χ3n) is 6.52.